The second-order valence-electron chi connectivity index (χ2n) is 6.89. The minimum absolute atomic E-state index is 0.204. The first-order valence-corrected chi connectivity index (χ1v) is 10.1. The highest BCUT2D eigenvalue weighted by atomic mass is 32.1. The highest BCUT2D eigenvalue weighted by Crippen LogP contribution is 2.36. The predicted octanol–water partition coefficient (Wildman–Crippen LogP) is 4.91. The summed E-state index contributed by atoms with van der Waals surface area (Å²) in [5.41, 5.74) is 0.695. The summed E-state index contributed by atoms with van der Waals surface area (Å²) in [6, 6.07) is 3.31. The van der Waals surface area contributed by atoms with E-state index in [1.165, 1.54) is 36.6 Å². The Bertz CT molecular complexity index is 1030. The smallest absolute Gasteiger partial charge is 0.257 e. The van der Waals surface area contributed by atoms with E-state index in [-0.39, 0.29) is 11.6 Å². The van der Waals surface area contributed by atoms with Gasteiger partial charge in [0, 0.05) is 29.7 Å². The molecule has 28 heavy (non-hydrogen) atoms. The van der Waals surface area contributed by atoms with Gasteiger partial charge >= 0.3 is 0 Å². The number of benzene rings is 1. The summed E-state index contributed by atoms with van der Waals surface area (Å²) in [5.74, 6) is -1.56. The van der Waals surface area contributed by atoms with Crippen LogP contribution < -0.4 is 10.2 Å². The Balaban J connectivity index is 1.74. The largest absolute Gasteiger partial charge is 0.356 e. The molecule has 0 atom stereocenters. The molecule has 1 saturated heterocycles. The number of fused-ring (bicyclic) bond motifs is 1. The second kappa shape index (κ2) is 7.79. The Kier molecular flexibility index (Phi) is 5.21. The average Bonchev–Trinajstić information content (AvgIpc) is 2.83. The van der Waals surface area contributed by atoms with Gasteiger partial charge in [0.05, 0.1) is 10.9 Å². The van der Waals surface area contributed by atoms with Gasteiger partial charge in [0.15, 0.2) is 11.6 Å². The summed E-state index contributed by atoms with van der Waals surface area (Å²) in [4.78, 5) is 25.6. The van der Waals surface area contributed by atoms with Gasteiger partial charge in [0.2, 0.25) is 0 Å². The van der Waals surface area contributed by atoms with Crippen molar-refractivity contribution in [2.45, 2.75) is 32.6 Å². The molecule has 0 saturated carbocycles. The lowest BCUT2D eigenvalue weighted by molar-refractivity contribution is 0.102. The Morgan fingerprint density at radius 1 is 1.11 bits per heavy atom. The summed E-state index contributed by atoms with van der Waals surface area (Å²) in [5, 5.41) is 3.40. The summed E-state index contributed by atoms with van der Waals surface area (Å²) in [6.07, 6.45) is 6.10. The number of rotatable bonds is 3. The van der Waals surface area contributed by atoms with Crippen LogP contribution >= 0.6 is 11.3 Å². The standard InChI is InChI=1S/C20H20F2N4OS/c1-12-16(19(27)25-13-6-7-14(21)15(22)10-13)17-18(23-11-24-20(17)28-12)26-8-4-2-3-5-9-26/h6-7,10-11H,2-5,8-9H2,1H3,(H,25,27). The van der Waals surface area contributed by atoms with Crippen LogP contribution in [0.25, 0.3) is 10.2 Å². The number of hydrogen-bond donors (Lipinski definition) is 1. The molecule has 4 rings (SSSR count). The molecule has 2 aromatic heterocycles. The molecule has 0 spiro atoms. The van der Waals surface area contributed by atoms with Crippen molar-refractivity contribution in [2.24, 2.45) is 0 Å². The zero-order valence-corrected chi connectivity index (χ0v) is 16.3. The maximum absolute atomic E-state index is 13.5. The zero-order valence-electron chi connectivity index (χ0n) is 15.5. The number of amides is 1. The number of aromatic nitrogens is 2. The van der Waals surface area contributed by atoms with Gasteiger partial charge in [0.1, 0.15) is 17.0 Å². The Labute approximate surface area is 165 Å². The van der Waals surface area contributed by atoms with Gasteiger partial charge in [-0.15, -0.1) is 11.3 Å². The maximum Gasteiger partial charge on any atom is 0.257 e. The Morgan fingerprint density at radius 2 is 1.86 bits per heavy atom. The van der Waals surface area contributed by atoms with Crippen molar-refractivity contribution in [2.75, 3.05) is 23.3 Å². The molecule has 3 aromatic rings. The number of nitrogens with one attached hydrogen (secondary N) is 1. The van der Waals surface area contributed by atoms with Gasteiger partial charge in [-0.25, -0.2) is 18.7 Å². The fraction of sp³-hybridized carbons (Fsp3) is 0.350. The van der Waals surface area contributed by atoms with E-state index >= 15 is 0 Å². The van der Waals surface area contributed by atoms with Crippen molar-refractivity contribution in [1.29, 1.82) is 0 Å². The maximum atomic E-state index is 13.5. The van der Waals surface area contributed by atoms with Gasteiger partial charge in [0.25, 0.3) is 5.91 Å². The molecule has 0 radical (unpaired) electrons. The third-order valence-corrected chi connectivity index (χ3v) is 5.97. The molecule has 0 bridgehead atoms. The first kappa shape index (κ1) is 18.7. The predicted molar refractivity (Wildman–Crippen MR) is 107 cm³/mol. The molecular weight excluding hydrogens is 382 g/mol. The third kappa shape index (κ3) is 3.56. The van der Waals surface area contributed by atoms with Gasteiger partial charge in [-0.05, 0) is 31.9 Å². The third-order valence-electron chi connectivity index (χ3n) is 4.95. The van der Waals surface area contributed by atoms with Crippen molar-refractivity contribution in [1.82, 2.24) is 9.97 Å². The van der Waals surface area contributed by atoms with E-state index in [1.807, 2.05) is 6.92 Å². The molecule has 0 aliphatic carbocycles. The van der Waals surface area contributed by atoms with E-state index in [0.717, 1.165) is 59.0 Å². The molecule has 1 fully saturated rings. The average molecular weight is 402 g/mol. The zero-order chi connectivity index (χ0) is 19.7. The molecule has 1 aliphatic rings. The van der Waals surface area contributed by atoms with Crippen LogP contribution in [0.3, 0.4) is 0 Å². The summed E-state index contributed by atoms with van der Waals surface area (Å²) in [7, 11) is 0. The quantitative estimate of drug-likeness (QED) is 0.676. The number of anilines is 2. The van der Waals surface area contributed by atoms with Crippen molar-refractivity contribution < 1.29 is 13.6 Å². The second-order valence-corrected chi connectivity index (χ2v) is 8.10. The monoisotopic (exact) mass is 402 g/mol. The summed E-state index contributed by atoms with van der Waals surface area (Å²) >= 11 is 1.43. The fourth-order valence-corrected chi connectivity index (χ4v) is 4.57. The molecule has 0 unspecified atom stereocenters. The van der Waals surface area contributed by atoms with Crippen LogP contribution in [0.5, 0.6) is 0 Å². The summed E-state index contributed by atoms with van der Waals surface area (Å²) < 4.78 is 26.7. The van der Waals surface area contributed by atoms with Crippen LogP contribution in [0.1, 0.15) is 40.9 Å². The van der Waals surface area contributed by atoms with E-state index in [4.69, 9.17) is 0 Å². The number of hydrogen-bond acceptors (Lipinski definition) is 5. The van der Waals surface area contributed by atoms with E-state index in [0.29, 0.717) is 5.56 Å². The van der Waals surface area contributed by atoms with E-state index in [9.17, 15) is 13.6 Å². The number of aryl methyl sites for hydroxylation is 1. The Hall–Kier alpha value is -2.61. The number of carbonyl (C=O) groups excluding carboxylic acids is 1. The molecule has 1 aliphatic heterocycles. The molecule has 1 N–H and O–H groups in total. The van der Waals surface area contributed by atoms with Gasteiger partial charge in [-0.2, -0.15) is 0 Å². The van der Waals surface area contributed by atoms with Crippen LogP contribution in [0.15, 0.2) is 24.5 Å². The van der Waals surface area contributed by atoms with Crippen molar-refractivity contribution in [3.63, 3.8) is 0 Å². The molecule has 1 amide bonds. The number of carbonyl (C=O) groups is 1. The van der Waals surface area contributed by atoms with Crippen LogP contribution in [-0.2, 0) is 0 Å². The minimum atomic E-state index is -1.00. The highest BCUT2D eigenvalue weighted by Gasteiger charge is 2.24. The van der Waals surface area contributed by atoms with E-state index < -0.39 is 11.6 Å². The summed E-state index contributed by atoms with van der Waals surface area (Å²) in [6.45, 7) is 3.65. The first-order valence-electron chi connectivity index (χ1n) is 9.30. The van der Waals surface area contributed by atoms with E-state index in [1.54, 1.807) is 0 Å². The van der Waals surface area contributed by atoms with Crippen molar-refractivity contribution in [3.8, 4) is 0 Å². The normalized spacial score (nSPS) is 14.9. The van der Waals surface area contributed by atoms with Gasteiger partial charge < -0.3 is 10.2 Å². The van der Waals surface area contributed by atoms with Crippen LogP contribution in [0.2, 0.25) is 0 Å². The van der Waals surface area contributed by atoms with Crippen LogP contribution in [0, 0.1) is 18.6 Å². The fourth-order valence-electron chi connectivity index (χ4n) is 3.59. The van der Waals surface area contributed by atoms with Crippen molar-refractivity contribution in [3.05, 3.63) is 46.6 Å². The molecule has 1 aromatic carbocycles. The lowest BCUT2D eigenvalue weighted by atomic mass is 10.1. The lowest BCUT2D eigenvalue weighted by Gasteiger charge is -2.22. The molecule has 3 heterocycles. The molecule has 5 nitrogen and oxygen atoms in total. The highest BCUT2D eigenvalue weighted by molar-refractivity contribution is 7.19. The number of nitrogens with zero attached hydrogens (tertiary/aromatic N) is 3. The minimum Gasteiger partial charge on any atom is -0.356 e. The lowest BCUT2D eigenvalue weighted by Crippen LogP contribution is -2.25. The van der Waals surface area contributed by atoms with Gasteiger partial charge in [-0.1, -0.05) is 12.8 Å². The van der Waals surface area contributed by atoms with Gasteiger partial charge in [-0.3, -0.25) is 4.79 Å². The van der Waals surface area contributed by atoms with Crippen LogP contribution in [0.4, 0.5) is 20.3 Å². The molecular formula is C20H20F2N4OS. The van der Waals surface area contributed by atoms with E-state index in [2.05, 4.69) is 20.2 Å². The number of halogens is 2. The topological polar surface area (TPSA) is 58.1 Å². The molecule has 146 valence electrons. The number of thiophene rings is 1. The van der Waals surface area contributed by atoms with Crippen LogP contribution in [-0.4, -0.2) is 29.0 Å². The SMILES string of the molecule is Cc1sc2ncnc(N3CCCCCC3)c2c1C(=O)Nc1ccc(F)c(F)c1. The Morgan fingerprint density at radius 3 is 2.57 bits per heavy atom. The van der Waals surface area contributed by atoms with Crippen molar-refractivity contribution >= 4 is 39.0 Å². The first-order chi connectivity index (χ1) is 13.5. The molecule has 8 heteroatoms.